The summed E-state index contributed by atoms with van der Waals surface area (Å²) in [5.74, 6) is 0. The van der Waals surface area contributed by atoms with Crippen molar-refractivity contribution in [1.82, 2.24) is 4.57 Å². The number of rotatable bonds is 1. The van der Waals surface area contributed by atoms with E-state index in [0.717, 1.165) is 16.0 Å². The van der Waals surface area contributed by atoms with Crippen LogP contribution in [0.2, 0.25) is 0 Å². The molecule has 0 bridgehead atoms. The fraction of sp³-hybridized carbons (Fsp3) is 0.200. The van der Waals surface area contributed by atoms with Crippen LogP contribution in [0.1, 0.15) is 6.92 Å². The van der Waals surface area contributed by atoms with Crippen LogP contribution in [-0.2, 0) is 6.54 Å². The maximum absolute atomic E-state index is 11.7. The molecule has 0 fully saturated rings. The van der Waals surface area contributed by atoms with Crippen LogP contribution < -0.4 is 10.4 Å². The lowest BCUT2D eigenvalue weighted by molar-refractivity contribution is 0.720. The Labute approximate surface area is 84.2 Å². The van der Waals surface area contributed by atoms with Crippen LogP contribution in [0.25, 0.3) is 10.1 Å². The Hall–Kier alpha value is -1.42. The Balaban J connectivity index is 3.01. The summed E-state index contributed by atoms with van der Waals surface area (Å²) in [6.07, 6.45) is 0. The summed E-state index contributed by atoms with van der Waals surface area (Å²) in [6, 6.07) is 7.18. The molecule has 0 radical (unpaired) electrons. The first-order valence-corrected chi connectivity index (χ1v) is 5.18. The van der Waals surface area contributed by atoms with Crippen LogP contribution in [0, 0.1) is 0 Å². The highest BCUT2D eigenvalue weighted by atomic mass is 32.1. The van der Waals surface area contributed by atoms with Crippen LogP contribution in [0.5, 0.6) is 0 Å². The quantitative estimate of drug-likeness (QED) is 0.709. The SMILES string of the molecule is CCn1c(=O)sc2ccccc2c1=O. The fourth-order valence-electron chi connectivity index (χ4n) is 1.38. The predicted octanol–water partition coefficient (Wildman–Crippen LogP) is 1.44. The van der Waals surface area contributed by atoms with E-state index in [1.165, 1.54) is 4.57 Å². The Morgan fingerprint density at radius 2 is 2.00 bits per heavy atom. The maximum Gasteiger partial charge on any atom is 0.310 e. The molecule has 2 rings (SSSR count). The van der Waals surface area contributed by atoms with Gasteiger partial charge in [0.1, 0.15) is 0 Å². The van der Waals surface area contributed by atoms with Gasteiger partial charge in [0, 0.05) is 11.2 Å². The lowest BCUT2D eigenvalue weighted by Crippen LogP contribution is -2.29. The summed E-state index contributed by atoms with van der Waals surface area (Å²) >= 11 is 1.11. The second-order valence-corrected chi connectivity index (χ2v) is 3.91. The second kappa shape index (κ2) is 3.38. The molecule has 1 aromatic carbocycles. The molecule has 0 unspecified atom stereocenters. The fourth-order valence-corrected chi connectivity index (χ4v) is 2.30. The molecule has 0 aliphatic heterocycles. The van der Waals surface area contributed by atoms with Crippen LogP contribution in [0.4, 0.5) is 0 Å². The van der Waals surface area contributed by atoms with Gasteiger partial charge in [-0.1, -0.05) is 23.5 Å². The van der Waals surface area contributed by atoms with Gasteiger partial charge in [-0.15, -0.1) is 0 Å². The van der Waals surface area contributed by atoms with E-state index in [9.17, 15) is 9.59 Å². The molecular weight excluding hydrogens is 198 g/mol. The molecule has 2 aromatic rings. The number of fused-ring (bicyclic) bond motifs is 1. The first kappa shape index (κ1) is 9.15. The van der Waals surface area contributed by atoms with Crippen LogP contribution >= 0.6 is 11.3 Å². The molecule has 0 atom stereocenters. The lowest BCUT2D eigenvalue weighted by Gasteiger charge is -2.00. The number of hydrogen-bond acceptors (Lipinski definition) is 3. The summed E-state index contributed by atoms with van der Waals surface area (Å²) in [5.41, 5.74) is -0.188. The van der Waals surface area contributed by atoms with Gasteiger partial charge in [-0.25, -0.2) is 0 Å². The lowest BCUT2D eigenvalue weighted by atomic mass is 10.3. The standard InChI is InChI=1S/C10H9NO2S/c1-2-11-9(12)7-5-3-4-6-8(7)14-10(11)13/h3-6H,2H2,1H3. The highest BCUT2D eigenvalue weighted by Crippen LogP contribution is 2.10. The van der Waals surface area contributed by atoms with Crippen LogP contribution in [0.3, 0.4) is 0 Å². The van der Waals surface area contributed by atoms with Crippen molar-refractivity contribution in [2.24, 2.45) is 0 Å². The summed E-state index contributed by atoms with van der Waals surface area (Å²) in [5, 5.41) is 0.624. The molecule has 0 saturated heterocycles. The molecule has 1 aromatic heterocycles. The topological polar surface area (TPSA) is 39.1 Å². The van der Waals surface area contributed by atoms with E-state index in [2.05, 4.69) is 0 Å². The first-order valence-electron chi connectivity index (χ1n) is 4.36. The average molecular weight is 207 g/mol. The van der Waals surface area contributed by atoms with Gasteiger partial charge in [-0.2, -0.15) is 0 Å². The molecule has 0 saturated carbocycles. The smallest absolute Gasteiger partial charge is 0.269 e. The van der Waals surface area contributed by atoms with Crippen molar-refractivity contribution < 1.29 is 0 Å². The van der Waals surface area contributed by atoms with E-state index in [0.29, 0.717) is 11.9 Å². The summed E-state index contributed by atoms with van der Waals surface area (Å²) < 4.78 is 2.01. The molecular formula is C10H9NO2S. The molecule has 0 N–H and O–H groups in total. The van der Waals surface area contributed by atoms with Crippen molar-refractivity contribution in [3.05, 3.63) is 44.3 Å². The summed E-state index contributed by atoms with van der Waals surface area (Å²) in [4.78, 5) is 23.0. The van der Waals surface area contributed by atoms with Gasteiger partial charge in [-0.3, -0.25) is 14.2 Å². The minimum absolute atomic E-state index is 0.184. The molecule has 3 nitrogen and oxygen atoms in total. The molecule has 0 spiro atoms. The van der Waals surface area contributed by atoms with E-state index < -0.39 is 0 Å². The van der Waals surface area contributed by atoms with Gasteiger partial charge in [-0.05, 0) is 19.1 Å². The minimum atomic E-state index is -0.188. The molecule has 0 aliphatic carbocycles. The molecule has 1 heterocycles. The molecule has 4 heteroatoms. The average Bonchev–Trinajstić information content (AvgIpc) is 2.18. The monoisotopic (exact) mass is 207 g/mol. The largest absolute Gasteiger partial charge is 0.310 e. The third-order valence-electron chi connectivity index (χ3n) is 2.10. The number of aromatic nitrogens is 1. The van der Waals surface area contributed by atoms with Gasteiger partial charge in [0.25, 0.3) is 5.56 Å². The molecule has 0 amide bonds. The van der Waals surface area contributed by atoms with Crippen molar-refractivity contribution in [2.75, 3.05) is 0 Å². The van der Waals surface area contributed by atoms with E-state index in [4.69, 9.17) is 0 Å². The Morgan fingerprint density at radius 3 is 2.71 bits per heavy atom. The van der Waals surface area contributed by atoms with Gasteiger partial charge in [0.2, 0.25) is 0 Å². The first-order chi connectivity index (χ1) is 6.74. The minimum Gasteiger partial charge on any atom is -0.269 e. The number of benzene rings is 1. The van der Waals surface area contributed by atoms with Crippen LogP contribution in [-0.4, -0.2) is 4.57 Å². The molecule has 14 heavy (non-hydrogen) atoms. The van der Waals surface area contributed by atoms with Gasteiger partial charge in [0.05, 0.1) is 5.39 Å². The summed E-state index contributed by atoms with van der Waals surface area (Å²) in [6.45, 7) is 2.23. The Kier molecular flexibility index (Phi) is 2.21. The van der Waals surface area contributed by atoms with E-state index in [1.807, 2.05) is 6.07 Å². The van der Waals surface area contributed by atoms with Crippen molar-refractivity contribution >= 4 is 21.4 Å². The highest BCUT2D eigenvalue weighted by molar-refractivity contribution is 7.16. The Morgan fingerprint density at radius 1 is 1.29 bits per heavy atom. The normalized spacial score (nSPS) is 10.6. The Bertz CT molecular complexity index is 582. The van der Waals surface area contributed by atoms with Gasteiger partial charge in [0.15, 0.2) is 0 Å². The van der Waals surface area contributed by atoms with Crippen LogP contribution in [0.15, 0.2) is 33.9 Å². The zero-order valence-electron chi connectivity index (χ0n) is 7.69. The number of hydrogen-bond donors (Lipinski definition) is 0. The second-order valence-electron chi connectivity index (χ2n) is 2.91. The van der Waals surface area contributed by atoms with E-state index >= 15 is 0 Å². The van der Waals surface area contributed by atoms with Gasteiger partial charge >= 0.3 is 4.87 Å². The maximum atomic E-state index is 11.7. The molecule has 0 aliphatic rings. The highest BCUT2D eigenvalue weighted by Gasteiger charge is 2.04. The zero-order valence-corrected chi connectivity index (χ0v) is 8.50. The van der Waals surface area contributed by atoms with Gasteiger partial charge < -0.3 is 0 Å². The third kappa shape index (κ3) is 1.28. The third-order valence-corrected chi connectivity index (χ3v) is 3.07. The van der Waals surface area contributed by atoms with Crippen molar-refractivity contribution in [2.45, 2.75) is 13.5 Å². The zero-order chi connectivity index (χ0) is 10.1. The van der Waals surface area contributed by atoms with E-state index in [-0.39, 0.29) is 10.4 Å². The van der Waals surface area contributed by atoms with Crippen molar-refractivity contribution in [3.8, 4) is 0 Å². The number of nitrogens with zero attached hydrogens (tertiary/aromatic N) is 1. The summed E-state index contributed by atoms with van der Waals surface area (Å²) in [7, 11) is 0. The van der Waals surface area contributed by atoms with E-state index in [1.54, 1.807) is 25.1 Å². The van der Waals surface area contributed by atoms with Crippen molar-refractivity contribution in [3.63, 3.8) is 0 Å². The van der Waals surface area contributed by atoms with Crippen molar-refractivity contribution in [1.29, 1.82) is 0 Å². The predicted molar refractivity (Wildman–Crippen MR) is 58.0 cm³/mol. The molecule has 72 valence electrons.